The third-order valence-electron chi connectivity index (χ3n) is 6.75. The Morgan fingerprint density at radius 3 is 2.18 bits per heavy atom. The molecule has 0 saturated heterocycles. The summed E-state index contributed by atoms with van der Waals surface area (Å²) in [6, 6.07) is 18.9. The maximum Gasteiger partial charge on any atom is 0.0726 e. The number of allylic oxidation sites excluding steroid dienone is 2. The monoisotopic (exact) mass is 450 g/mol. The zero-order valence-electron chi connectivity index (χ0n) is 19.9. The van der Waals surface area contributed by atoms with Crippen LogP contribution in [0.15, 0.2) is 72.9 Å². The van der Waals surface area contributed by atoms with Crippen LogP contribution in [0.3, 0.4) is 0 Å². The summed E-state index contributed by atoms with van der Waals surface area (Å²) in [6.45, 7) is 2.05. The van der Waals surface area contributed by atoms with Crippen LogP contribution in [0.25, 0.3) is 21.8 Å². The molecular weight excluding hydrogens is 416 g/mol. The van der Waals surface area contributed by atoms with Crippen LogP contribution in [0.4, 0.5) is 11.4 Å². The van der Waals surface area contributed by atoms with Crippen LogP contribution in [-0.4, -0.2) is 23.1 Å². The maximum atomic E-state index is 4.90. The molecule has 2 heterocycles. The average molecular weight is 451 g/mol. The Kier molecular flexibility index (Phi) is 7.34. The topological polar surface area (TPSA) is 49.8 Å². The molecule has 2 aromatic carbocycles. The largest absolute Gasteiger partial charge is 0.384 e. The first-order valence-electron chi connectivity index (χ1n) is 12.8. The second-order valence-electron chi connectivity index (χ2n) is 9.16. The van der Waals surface area contributed by atoms with Crippen molar-refractivity contribution >= 4 is 33.2 Å². The van der Waals surface area contributed by atoms with Crippen molar-refractivity contribution in [2.24, 2.45) is 0 Å². The van der Waals surface area contributed by atoms with E-state index in [1.807, 2.05) is 12.3 Å². The predicted octanol–water partition coefficient (Wildman–Crippen LogP) is 7.30. The third-order valence-corrected chi connectivity index (χ3v) is 6.75. The summed E-state index contributed by atoms with van der Waals surface area (Å²) in [6.07, 6.45) is 15.9. The normalized spacial score (nSPS) is 12.7. The van der Waals surface area contributed by atoms with Gasteiger partial charge in [-0.2, -0.15) is 0 Å². The molecule has 0 fully saturated rings. The Morgan fingerprint density at radius 1 is 0.647 bits per heavy atom. The molecule has 4 nitrogen and oxygen atoms in total. The van der Waals surface area contributed by atoms with E-state index in [-0.39, 0.29) is 0 Å². The van der Waals surface area contributed by atoms with Crippen molar-refractivity contribution < 1.29 is 0 Å². The lowest BCUT2D eigenvalue weighted by Crippen LogP contribution is -2.10. The van der Waals surface area contributed by atoms with E-state index in [9.17, 15) is 0 Å². The Labute approximate surface area is 202 Å². The molecule has 4 aromatic rings. The van der Waals surface area contributed by atoms with Gasteiger partial charge in [0.1, 0.15) is 0 Å². The van der Waals surface area contributed by atoms with Crippen LogP contribution in [0.2, 0.25) is 0 Å². The smallest absolute Gasteiger partial charge is 0.0726 e. The molecule has 0 aliphatic heterocycles. The van der Waals surface area contributed by atoms with Crippen molar-refractivity contribution in [2.45, 2.75) is 51.4 Å². The SMILES string of the molecule is C1=CCc2c(nc3ccccc3c2NCCCCCCCCNc2ccnc3ccccc23)C1. The summed E-state index contributed by atoms with van der Waals surface area (Å²) in [7, 11) is 0. The molecule has 1 aliphatic carbocycles. The van der Waals surface area contributed by atoms with E-state index in [0.29, 0.717) is 0 Å². The summed E-state index contributed by atoms with van der Waals surface area (Å²) in [4.78, 5) is 9.34. The average Bonchev–Trinajstić information content (AvgIpc) is 2.89. The van der Waals surface area contributed by atoms with Gasteiger partial charge in [-0.3, -0.25) is 9.97 Å². The van der Waals surface area contributed by atoms with E-state index in [2.05, 4.69) is 76.3 Å². The predicted molar refractivity (Wildman–Crippen MR) is 145 cm³/mol. The van der Waals surface area contributed by atoms with Gasteiger partial charge in [-0.15, -0.1) is 0 Å². The highest BCUT2D eigenvalue weighted by atomic mass is 14.9. The van der Waals surface area contributed by atoms with E-state index in [0.717, 1.165) is 37.0 Å². The van der Waals surface area contributed by atoms with Crippen molar-refractivity contribution in [3.63, 3.8) is 0 Å². The number of rotatable bonds is 11. The second-order valence-corrected chi connectivity index (χ2v) is 9.16. The van der Waals surface area contributed by atoms with Gasteiger partial charge in [0.2, 0.25) is 0 Å². The molecule has 0 unspecified atom stereocenters. The minimum absolute atomic E-state index is 0.946. The van der Waals surface area contributed by atoms with Crippen molar-refractivity contribution in [1.29, 1.82) is 0 Å². The van der Waals surface area contributed by atoms with Crippen LogP contribution in [0.5, 0.6) is 0 Å². The quantitative estimate of drug-likeness (QED) is 0.186. The van der Waals surface area contributed by atoms with Crippen LogP contribution >= 0.6 is 0 Å². The van der Waals surface area contributed by atoms with Gasteiger partial charge in [0, 0.05) is 53.4 Å². The molecule has 0 radical (unpaired) electrons. The first kappa shape index (κ1) is 22.4. The van der Waals surface area contributed by atoms with E-state index >= 15 is 0 Å². The third kappa shape index (κ3) is 5.22. The number of hydrogen-bond donors (Lipinski definition) is 2. The lowest BCUT2D eigenvalue weighted by Gasteiger charge is -2.19. The standard InChI is InChI=1S/C30H34N4/c1(3-11-20-31-27-19-22-32-26-16-8-5-13-23(26)27)2-4-12-21-33-30-24-14-6-9-17-28(24)34-29-18-10-7-15-25(29)30/h5-10,13-14,16-17,19,22H,1-4,11-12,15,18,20-21H2,(H,31,32)(H,33,34). The van der Waals surface area contributed by atoms with Gasteiger partial charge in [0.25, 0.3) is 0 Å². The molecule has 5 rings (SSSR count). The van der Waals surface area contributed by atoms with Crippen LogP contribution < -0.4 is 10.6 Å². The zero-order valence-corrected chi connectivity index (χ0v) is 19.9. The van der Waals surface area contributed by atoms with Gasteiger partial charge in [0.05, 0.1) is 16.7 Å². The summed E-state index contributed by atoms with van der Waals surface area (Å²) in [5, 5.41) is 9.83. The fourth-order valence-electron chi connectivity index (χ4n) is 4.93. The number of unbranched alkanes of at least 4 members (excludes halogenated alkanes) is 5. The summed E-state index contributed by atoms with van der Waals surface area (Å²) in [5.41, 5.74) is 7.27. The van der Waals surface area contributed by atoms with E-state index in [1.165, 1.54) is 71.9 Å². The number of anilines is 2. The lowest BCUT2D eigenvalue weighted by molar-refractivity contribution is 0.610. The number of pyridine rings is 2. The Morgan fingerprint density at radius 2 is 1.32 bits per heavy atom. The number of fused-ring (bicyclic) bond motifs is 3. The van der Waals surface area contributed by atoms with Gasteiger partial charge in [-0.05, 0) is 37.5 Å². The molecule has 34 heavy (non-hydrogen) atoms. The van der Waals surface area contributed by atoms with Crippen molar-refractivity contribution in [2.75, 3.05) is 23.7 Å². The van der Waals surface area contributed by atoms with E-state index in [1.54, 1.807) is 0 Å². The molecule has 2 N–H and O–H groups in total. The highest BCUT2D eigenvalue weighted by Gasteiger charge is 2.15. The lowest BCUT2D eigenvalue weighted by atomic mass is 9.97. The Hall–Kier alpha value is -3.40. The number of para-hydroxylation sites is 2. The number of hydrogen-bond acceptors (Lipinski definition) is 4. The molecule has 0 spiro atoms. The molecule has 4 heteroatoms. The highest BCUT2D eigenvalue weighted by molar-refractivity contribution is 5.94. The first-order chi connectivity index (χ1) is 16.9. The second kappa shape index (κ2) is 11.1. The van der Waals surface area contributed by atoms with Gasteiger partial charge in [-0.25, -0.2) is 0 Å². The van der Waals surface area contributed by atoms with Gasteiger partial charge in [0.15, 0.2) is 0 Å². The molecule has 0 amide bonds. The number of aromatic nitrogens is 2. The molecule has 2 aromatic heterocycles. The minimum atomic E-state index is 0.946. The van der Waals surface area contributed by atoms with E-state index < -0.39 is 0 Å². The van der Waals surface area contributed by atoms with Gasteiger partial charge in [-0.1, -0.05) is 74.2 Å². The van der Waals surface area contributed by atoms with Crippen LogP contribution in [-0.2, 0) is 12.8 Å². The fraction of sp³-hybridized carbons (Fsp3) is 0.333. The maximum absolute atomic E-state index is 4.90. The highest BCUT2D eigenvalue weighted by Crippen LogP contribution is 2.31. The summed E-state index contributed by atoms with van der Waals surface area (Å²) >= 11 is 0. The summed E-state index contributed by atoms with van der Waals surface area (Å²) < 4.78 is 0. The van der Waals surface area contributed by atoms with Crippen molar-refractivity contribution in [3.8, 4) is 0 Å². The van der Waals surface area contributed by atoms with Gasteiger partial charge >= 0.3 is 0 Å². The fourth-order valence-corrected chi connectivity index (χ4v) is 4.93. The van der Waals surface area contributed by atoms with Crippen molar-refractivity contribution in [3.05, 3.63) is 84.2 Å². The van der Waals surface area contributed by atoms with Crippen LogP contribution in [0.1, 0.15) is 49.8 Å². The Balaban J connectivity index is 1.02. The van der Waals surface area contributed by atoms with E-state index in [4.69, 9.17) is 4.98 Å². The molecule has 0 saturated carbocycles. The zero-order chi connectivity index (χ0) is 23.0. The van der Waals surface area contributed by atoms with Crippen molar-refractivity contribution in [1.82, 2.24) is 9.97 Å². The Bertz CT molecular complexity index is 1270. The van der Waals surface area contributed by atoms with Gasteiger partial charge < -0.3 is 10.6 Å². The molecule has 174 valence electrons. The molecule has 0 atom stereocenters. The molecule has 1 aliphatic rings. The first-order valence-corrected chi connectivity index (χ1v) is 12.8. The number of benzene rings is 2. The molecular formula is C30H34N4. The molecule has 0 bridgehead atoms. The number of nitrogens with one attached hydrogen (secondary N) is 2. The van der Waals surface area contributed by atoms with Crippen LogP contribution in [0, 0.1) is 0 Å². The number of nitrogens with zero attached hydrogens (tertiary/aromatic N) is 2. The minimum Gasteiger partial charge on any atom is -0.384 e. The summed E-state index contributed by atoms with van der Waals surface area (Å²) in [5.74, 6) is 0.